The molecule has 1 fully saturated rings. The van der Waals surface area contributed by atoms with Crippen LogP contribution in [0.3, 0.4) is 0 Å². The second kappa shape index (κ2) is 4.88. The summed E-state index contributed by atoms with van der Waals surface area (Å²) >= 11 is 1.48. The van der Waals surface area contributed by atoms with E-state index in [1.807, 2.05) is 13.8 Å². The van der Waals surface area contributed by atoms with Gasteiger partial charge in [0.15, 0.2) is 0 Å². The highest BCUT2D eigenvalue weighted by molar-refractivity contribution is 8.00. The van der Waals surface area contributed by atoms with Crippen LogP contribution in [-0.2, 0) is 11.8 Å². The monoisotopic (exact) mass is 283 g/mol. The van der Waals surface area contributed by atoms with E-state index in [0.717, 1.165) is 5.69 Å². The highest BCUT2D eigenvalue weighted by Crippen LogP contribution is 2.31. The molecule has 2 unspecified atom stereocenters. The molecule has 1 aliphatic heterocycles. The smallest absolute Gasteiger partial charge is 0.327 e. The van der Waals surface area contributed by atoms with Gasteiger partial charge in [0.1, 0.15) is 6.04 Å². The Balaban J connectivity index is 2.40. The topological polar surface area (TPSA) is 75.4 Å². The number of aryl methyl sites for hydroxylation is 2. The zero-order valence-electron chi connectivity index (χ0n) is 11.4. The maximum absolute atomic E-state index is 12.6. The summed E-state index contributed by atoms with van der Waals surface area (Å²) in [5, 5.41) is 13.3. The fourth-order valence-electron chi connectivity index (χ4n) is 2.35. The lowest BCUT2D eigenvalue weighted by Crippen LogP contribution is -2.45. The lowest BCUT2D eigenvalue weighted by atomic mass is 10.1. The molecule has 0 radical (unpaired) electrons. The van der Waals surface area contributed by atoms with E-state index in [2.05, 4.69) is 5.10 Å². The Morgan fingerprint density at radius 2 is 2.05 bits per heavy atom. The molecule has 1 aromatic rings. The van der Waals surface area contributed by atoms with Gasteiger partial charge in [-0.2, -0.15) is 5.10 Å². The first kappa shape index (κ1) is 13.9. The van der Waals surface area contributed by atoms with Gasteiger partial charge in [0, 0.05) is 18.5 Å². The Bertz CT molecular complexity index is 541. The number of aromatic nitrogens is 2. The van der Waals surface area contributed by atoms with Crippen molar-refractivity contribution in [2.75, 3.05) is 5.75 Å². The first-order valence-corrected chi connectivity index (χ1v) is 7.06. The van der Waals surface area contributed by atoms with Crippen LogP contribution < -0.4 is 0 Å². The summed E-state index contributed by atoms with van der Waals surface area (Å²) in [6, 6.07) is -0.758. The third-order valence-electron chi connectivity index (χ3n) is 3.47. The molecule has 0 aliphatic carbocycles. The molecule has 19 heavy (non-hydrogen) atoms. The molecule has 2 rings (SSSR count). The largest absolute Gasteiger partial charge is 0.480 e. The number of nitrogens with zero attached hydrogens (tertiary/aromatic N) is 3. The van der Waals surface area contributed by atoms with Crippen LogP contribution in [0.4, 0.5) is 0 Å². The highest BCUT2D eigenvalue weighted by Gasteiger charge is 2.41. The summed E-state index contributed by atoms with van der Waals surface area (Å²) in [6.45, 7) is 5.44. The van der Waals surface area contributed by atoms with E-state index in [9.17, 15) is 14.7 Å². The Morgan fingerprint density at radius 3 is 2.53 bits per heavy atom. The van der Waals surface area contributed by atoms with Crippen LogP contribution in [0.15, 0.2) is 0 Å². The molecule has 1 saturated heterocycles. The number of thioether (sulfide) groups is 1. The molecule has 1 aromatic heterocycles. The van der Waals surface area contributed by atoms with E-state index in [1.165, 1.54) is 16.7 Å². The standard InChI is InChI=1S/C12H17N3O3S/c1-6-10(7(2)14(4)13-6)11(16)15-8(3)19-5-9(15)12(17)18/h8-9H,5H2,1-4H3,(H,17,18). The van der Waals surface area contributed by atoms with E-state index in [-0.39, 0.29) is 11.3 Å². The first-order chi connectivity index (χ1) is 8.84. The molecule has 1 aliphatic rings. The van der Waals surface area contributed by atoms with E-state index in [4.69, 9.17) is 0 Å². The second-order valence-electron chi connectivity index (χ2n) is 4.67. The van der Waals surface area contributed by atoms with Gasteiger partial charge in [-0.3, -0.25) is 9.48 Å². The van der Waals surface area contributed by atoms with Crippen molar-refractivity contribution in [2.24, 2.45) is 7.05 Å². The second-order valence-corrected chi connectivity index (χ2v) is 6.02. The fourth-order valence-corrected chi connectivity index (χ4v) is 3.52. The van der Waals surface area contributed by atoms with Crippen LogP contribution in [0.25, 0.3) is 0 Å². The average Bonchev–Trinajstić information content (AvgIpc) is 2.81. The van der Waals surface area contributed by atoms with Crippen LogP contribution in [0.5, 0.6) is 0 Å². The Morgan fingerprint density at radius 1 is 1.42 bits per heavy atom. The zero-order valence-corrected chi connectivity index (χ0v) is 12.2. The van der Waals surface area contributed by atoms with Crippen LogP contribution in [0, 0.1) is 13.8 Å². The summed E-state index contributed by atoms with van der Waals surface area (Å²) in [6.07, 6.45) is 0. The number of aliphatic carboxylic acids is 1. The molecular formula is C12H17N3O3S. The van der Waals surface area contributed by atoms with Crippen molar-refractivity contribution in [3.63, 3.8) is 0 Å². The van der Waals surface area contributed by atoms with Crippen molar-refractivity contribution in [3.8, 4) is 0 Å². The summed E-state index contributed by atoms with van der Waals surface area (Å²) in [7, 11) is 1.77. The molecule has 2 heterocycles. The number of carbonyl (C=O) groups excluding carboxylic acids is 1. The van der Waals surface area contributed by atoms with E-state index in [0.29, 0.717) is 17.0 Å². The third-order valence-corrected chi connectivity index (χ3v) is 4.68. The summed E-state index contributed by atoms with van der Waals surface area (Å²) in [5.41, 5.74) is 1.91. The number of hydrogen-bond acceptors (Lipinski definition) is 4. The molecule has 1 amide bonds. The lowest BCUT2D eigenvalue weighted by Gasteiger charge is -2.25. The van der Waals surface area contributed by atoms with Crippen molar-refractivity contribution >= 4 is 23.6 Å². The van der Waals surface area contributed by atoms with Crippen molar-refractivity contribution in [1.82, 2.24) is 14.7 Å². The van der Waals surface area contributed by atoms with Gasteiger partial charge < -0.3 is 10.0 Å². The van der Waals surface area contributed by atoms with Crippen LogP contribution >= 0.6 is 11.8 Å². The summed E-state index contributed by atoms with van der Waals surface area (Å²) in [5.74, 6) is -0.766. The predicted octanol–water partition coefficient (Wildman–Crippen LogP) is 1.03. The number of carbonyl (C=O) groups is 2. The molecule has 104 valence electrons. The fraction of sp³-hybridized carbons (Fsp3) is 0.583. The lowest BCUT2D eigenvalue weighted by molar-refractivity contribution is -0.141. The van der Waals surface area contributed by atoms with Gasteiger partial charge >= 0.3 is 5.97 Å². The molecule has 0 spiro atoms. The van der Waals surface area contributed by atoms with Gasteiger partial charge in [-0.1, -0.05) is 0 Å². The highest BCUT2D eigenvalue weighted by atomic mass is 32.2. The minimum absolute atomic E-state index is 0.132. The average molecular weight is 283 g/mol. The Labute approximate surface area is 115 Å². The number of carboxylic acid groups (broad SMARTS) is 1. The Kier molecular flexibility index (Phi) is 3.58. The maximum Gasteiger partial charge on any atom is 0.327 e. The van der Waals surface area contributed by atoms with E-state index in [1.54, 1.807) is 18.7 Å². The minimum atomic E-state index is -0.954. The Hall–Kier alpha value is -1.50. The van der Waals surface area contributed by atoms with Crippen molar-refractivity contribution in [1.29, 1.82) is 0 Å². The molecule has 7 heteroatoms. The number of carboxylic acids is 1. The zero-order chi connectivity index (χ0) is 14.3. The number of rotatable bonds is 2. The van der Waals surface area contributed by atoms with Crippen LogP contribution in [0.1, 0.15) is 28.7 Å². The van der Waals surface area contributed by atoms with Gasteiger partial charge in [-0.25, -0.2) is 4.79 Å². The maximum atomic E-state index is 12.6. The van der Waals surface area contributed by atoms with Gasteiger partial charge in [0.2, 0.25) is 0 Å². The molecule has 0 aromatic carbocycles. The molecule has 0 bridgehead atoms. The third kappa shape index (κ3) is 2.22. The van der Waals surface area contributed by atoms with Gasteiger partial charge in [0.05, 0.1) is 16.6 Å². The van der Waals surface area contributed by atoms with Crippen LogP contribution in [-0.4, -0.2) is 48.8 Å². The van der Waals surface area contributed by atoms with Crippen molar-refractivity contribution in [3.05, 3.63) is 17.0 Å². The van der Waals surface area contributed by atoms with Crippen molar-refractivity contribution in [2.45, 2.75) is 32.2 Å². The first-order valence-electron chi connectivity index (χ1n) is 6.01. The molecule has 6 nitrogen and oxygen atoms in total. The summed E-state index contributed by atoms with van der Waals surface area (Å²) in [4.78, 5) is 25.3. The van der Waals surface area contributed by atoms with Crippen LogP contribution in [0.2, 0.25) is 0 Å². The minimum Gasteiger partial charge on any atom is -0.480 e. The van der Waals surface area contributed by atoms with E-state index < -0.39 is 12.0 Å². The number of amides is 1. The SMILES string of the molecule is Cc1nn(C)c(C)c1C(=O)N1C(C)SCC1C(=O)O. The van der Waals surface area contributed by atoms with Gasteiger partial charge in [-0.15, -0.1) is 11.8 Å². The molecule has 2 atom stereocenters. The van der Waals surface area contributed by atoms with Gasteiger partial charge in [-0.05, 0) is 20.8 Å². The molecule has 0 saturated carbocycles. The van der Waals surface area contributed by atoms with Crippen molar-refractivity contribution < 1.29 is 14.7 Å². The molecular weight excluding hydrogens is 266 g/mol. The molecule has 1 N–H and O–H groups in total. The number of hydrogen-bond donors (Lipinski definition) is 1. The van der Waals surface area contributed by atoms with E-state index >= 15 is 0 Å². The van der Waals surface area contributed by atoms with Gasteiger partial charge in [0.25, 0.3) is 5.91 Å². The normalized spacial score (nSPS) is 22.8. The predicted molar refractivity (Wildman–Crippen MR) is 72.2 cm³/mol. The summed E-state index contributed by atoms with van der Waals surface area (Å²) < 4.78 is 1.65. The quantitative estimate of drug-likeness (QED) is 0.877.